The van der Waals surface area contributed by atoms with Crippen molar-refractivity contribution < 1.29 is 13.9 Å². The second-order valence-electron chi connectivity index (χ2n) is 8.07. The van der Waals surface area contributed by atoms with Gasteiger partial charge in [-0.25, -0.2) is 9.38 Å². The zero-order valence-corrected chi connectivity index (χ0v) is 19.1. The van der Waals surface area contributed by atoms with E-state index in [0.29, 0.717) is 18.0 Å². The van der Waals surface area contributed by atoms with Crippen LogP contribution in [0.4, 0.5) is 15.8 Å². The molecule has 4 aromatic rings. The number of carbonyl (C=O) groups excluding carboxylic acids is 1. The maximum atomic E-state index is 13.5. The largest absolute Gasteiger partial charge is 0.482 e. The zero-order chi connectivity index (χ0) is 22.9. The van der Waals surface area contributed by atoms with Crippen LogP contribution >= 0.6 is 11.3 Å². The molecule has 0 fully saturated rings. The number of amides is 1. The van der Waals surface area contributed by atoms with Crippen molar-refractivity contribution in [2.24, 2.45) is 4.99 Å². The highest BCUT2D eigenvalue weighted by Crippen LogP contribution is 2.33. The average Bonchev–Trinajstić information content (AvgIpc) is 3.18. The molecule has 0 saturated carbocycles. The summed E-state index contributed by atoms with van der Waals surface area (Å²) in [6.45, 7) is 4.67. The lowest BCUT2D eigenvalue weighted by Gasteiger charge is -2.19. The van der Waals surface area contributed by atoms with Crippen molar-refractivity contribution in [1.82, 2.24) is 4.57 Å². The van der Waals surface area contributed by atoms with Crippen LogP contribution in [0.2, 0.25) is 0 Å². The second-order valence-corrected chi connectivity index (χ2v) is 8.90. The molecular weight excluding hydrogens is 437 g/mol. The Labute approximate surface area is 194 Å². The number of ether oxygens (including phenoxy) is 1. The molecule has 166 valence electrons. The molecule has 2 heterocycles. The number of thiazole rings is 1. The van der Waals surface area contributed by atoms with Crippen LogP contribution < -0.4 is 14.9 Å². The normalized spacial score (nSPS) is 13.4. The van der Waals surface area contributed by atoms with Crippen LogP contribution in [0.15, 0.2) is 71.0 Å². The van der Waals surface area contributed by atoms with Gasteiger partial charge in [-0.15, -0.1) is 11.3 Å². The van der Waals surface area contributed by atoms with Crippen LogP contribution in [-0.2, 0) is 11.3 Å². The topological polar surface area (TPSA) is 55.6 Å². The third kappa shape index (κ3) is 4.45. The molecule has 3 aromatic carbocycles. The van der Waals surface area contributed by atoms with Gasteiger partial charge in [-0.1, -0.05) is 29.8 Å². The maximum Gasteiger partial charge on any atom is 0.262 e. The van der Waals surface area contributed by atoms with Crippen molar-refractivity contribution >= 4 is 28.6 Å². The summed E-state index contributed by atoms with van der Waals surface area (Å²) >= 11 is 1.54. The van der Waals surface area contributed by atoms with E-state index >= 15 is 0 Å². The molecule has 1 aliphatic heterocycles. The van der Waals surface area contributed by atoms with Gasteiger partial charge >= 0.3 is 0 Å². The highest BCUT2D eigenvalue weighted by Gasteiger charge is 2.18. The minimum absolute atomic E-state index is 0.0221. The average molecular weight is 460 g/mol. The van der Waals surface area contributed by atoms with Gasteiger partial charge in [0.05, 0.1) is 23.6 Å². The molecule has 33 heavy (non-hydrogen) atoms. The first-order valence-corrected chi connectivity index (χ1v) is 11.5. The molecule has 0 saturated heterocycles. The second kappa shape index (κ2) is 8.67. The van der Waals surface area contributed by atoms with E-state index in [0.717, 1.165) is 32.9 Å². The highest BCUT2D eigenvalue weighted by atomic mass is 32.1. The van der Waals surface area contributed by atoms with Gasteiger partial charge in [-0.2, -0.15) is 0 Å². The number of hydrogen-bond donors (Lipinski definition) is 1. The van der Waals surface area contributed by atoms with E-state index in [1.165, 1.54) is 17.7 Å². The Kier molecular flexibility index (Phi) is 5.56. The molecule has 1 aliphatic rings. The minimum atomic E-state index is -0.264. The number of carbonyl (C=O) groups is 1. The lowest BCUT2D eigenvalue weighted by Crippen LogP contribution is -2.25. The molecule has 0 unspecified atom stereocenters. The fraction of sp³-hybridized carbons (Fsp3) is 0.154. The molecule has 7 heteroatoms. The number of fused-ring (bicyclic) bond motifs is 1. The van der Waals surface area contributed by atoms with Crippen LogP contribution in [0.3, 0.4) is 0 Å². The molecule has 0 spiro atoms. The smallest absolute Gasteiger partial charge is 0.262 e. The Hall–Kier alpha value is -3.71. The number of aromatic nitrogens is 1. The molecule has 0 atom stereocenters. The number of halogens is 1. The summed E-state index contributed by atoms with van der Waals surface area (Å²) in [6, 6.07) is 18.4. The third-order valence-electron chi connectivity index (χ3n) is 5.53. The van der Waals surface area contributed by atoms with Crippen LogP contribution in [0.5, 0.6) is 5.75 Å². The summed E-state index contributed by atoms with van der Waals surface area (Å²) in [5.74, 6) is 0.216. The summed E-state index contributed by atoms with van der Waals surface area (Å²) in [6.07, 6.45) is 0. The lowest BCUT2D eigenvalue weighted by molar-refractivity contribution is -0.118. The summed E-state index contributed by atoms with van der Waals surface area (Å²) in [7, 11) is 0. The third-order valence-corrected chi connectivity index (χ3v) is 6.39. The number of hydrogen-bond acceptors (Lipinski definition) is 4. The van der Waals surface area contributed by atoms with E-state index in [2.05, 4.69) is 41.2 Å². The molecule has 5 nitrogen and oxygen atoms in total. The fourth-order valence-electron chi connectivity index (χ4n) is 3.85. The molecule has 1 aromatic heterocycles. The summed E-state index contributed by atoms with van der Waals surface area (Å²) in [5.41, 5.74) is 6.70. The van der Waals surface area contributed by atoms with E-state index < -0.39 is 0 Å². The summed E-state index contributed by atoms with van der Waals surface area (Å²) < 4.78 is 21.1. The predicted octanol–water partition coefficient (Wildman–Crippen LogP) is 5.58. The predicted molar refractivity (Wildman–Crippen MR) is 129 cm³/mol. The lowest BCUT2D eigenvalue weighted by atomic mass is 10.1. The van der Waals surface area contributed by atoms with E-state index in [-0.39, 0.29) is 18.3 Å². The highest BCUT2D eigenvalue weighted by molar-refractivity contribution is 7.07. The van der Waals surface area contributed by atoms with Crippen LogP contribution in [0, 0.1) is 19.7 Å². The molecule has 0 bridgehead atoms. The van der Waals surface area contributed by atoms with Gasteiger partial charge in [-0.05, 0) is 61.4 Å². The molecule has 1 amide bonds. The number of nitrogens with zero attached hydrogens (tertiary/aromatic N) is 2. The van der Waals surface area contributed by atoms with Crippen molar-refractivity contribution in [2.75, 3.05) is 11.9 Å². The monoisotopic (exact) mass is 459 g/mol. The number of anilines is 1. The van der Waals surface area contributed by atoms with Crippen molar-refractivity contribution in [3.63, 3.8) is 0 Å². The fourth-order valence-corrected chi connectivity index (χ4v) is 4.77. The first-order valence-electron chi connectivity index (χ1n) is 10.6. The van der Waals surface area contributed by atoms with E-state index in [9.17, 15) is 9.18 Å². The Morgan fingerprint density at radius 1 is 1.09 bits per heavy atom. The maximum absolute atomic E-state index is 13.5. The number of benzene rings is 3. The summed E-state index contributed by atoms with van der Waals surface area (Å²) in [4.78, 5) is 17.6. The standard InChI is InChI=1S/C26H22FN3O2S/c1-16-3-9-21(17(2)11-16)29-26-30(13-18-4-7-20(27)8-5-18)23(15-33-26)19-6-10-24-22(12-19)28-25(31)14-32-24/h3-12,15H,13-14H2,1-2H3,(H,28,31). The Morgan fingerprint density at radius 2 is 1.91 bits per heavy atom. The minimum Gasteiger partial charge on any atom is -0.482 e. The van der Waals surface area contributed by atoms with Crippen molar-refractivity contribution in [3.05, 3.63) is 93.4 Å². The van der Waals surface area contributed by atoms with E-state index in [1.54, 1.807) is 23.5 Å². The van der Waals surface area contributed by atoms with Gasteiger partial charge in [0.1, 0.15) is 11.6 Å². The van der Waals surface area contributed by atoms with Gasteiger partial charge in [0.15, 0.2) is 11.4 Å². The molecule has 5 rings (SSSR count). The molecule has 0 radical (unpaired) electrons. The van der Waals surface area contributed by atoms with Crippen LogP contribution in [0.1, 0.15) is 16.7 Å². The molecule has 0 aliphatic carbocycles. The van der Waals surface area contributed by atoms with E-state index in [4.69, 9.17) is 9.73 Å². The van der Waals surface area contributed by atoms with E-state index in [1.807, 2.05) is 24.3 Å². The van der Waals surface area contributed by atoms with Crippen molar-refractivity contribution in [1.29, 1.82) is 0 Å². The first-order chi connectivity index (χ1) is 16.0. The number of nitrogens with one attached hydrogen (secondary N) is 1. The first kappa shape index (κ1) is 21.2. The van der Waals surface area contributed by atoms with Crippen LogP contribution in [0.25, 0.3) is 11.3 Å². The van der Waals surface area contributed by atoms with Gasteiger partial charge in [-0.3, -0.25) is 4.79 Å². The quantitative estimate of drug-likeness (QED) is 0.433. The molecular formula is C26H22FN3O2S. The Morgan fingerprint density at radius 3 is 2.70 bits per heavy atom. The van der Waals surface area contributed by atoms with Crippen molar-refractivity contribution in [2.45, 2.75) is 20.4 Å². The summed E-state index contributed by atoms with van der Waals surface area (Å²) in [5, 5.41) is 4.92. The molecule has 1 N–H and O–H groups in total. The zero-order valence-electron chi connectivity index (χ0n) is 18.3. The van der Waals surface area contributed by atoms with Gasteiger partial charge in [0.2, 0.25) is 0 Å². The Balaban J connectivity index is 1.64. The SMILES string of the molecule is Cc1ccc(N=c2scc(-c3ccc4c(c3)NC(=O)CO4)n2Cc2ccc(F)cc2)c(C)c1. The van der Waals surface area contributed by atoms with Crippen LogP contribution in [-0.4, -0.2) is 17.1 Å². The number of aryl methyl sites for hydroxylation is 2. The van der Waals surface area contributed by atoms with Crippen molar-refractivity contribution in [3.8, 4) is 17.0 Å². The number of rotatable bonds is 4. The van der Waals surface area contributed by atoms with Gasteiger partial charge < -0.3 is 14.6 Å². The Bertz CT molecular complexity index is 1420. The van der Waals surface area contributed by atoms with Gasteiger partial charge in [0.25, 0.3) is 5.91 Å². The van der Waals surface area contributed by atoms with Gasteiger partial charge in [0, 0.05) is 10.9 Å².